The number of aryl methyl sites for hydroxylation is 1. The van der Waals surface area contributed by atoms with Gasteiger partial charge in [0.05, 0.1) is 12.0 Å². The zero-order valence-electron chi connectivity index (χ0n) is 13.0. The number of hydrogen-bond acceptors (Lipinski definition) is 3. The first-order valence-electron chi connectivity index (χ1n) is 7.33. The Morgan fingerprint density at radius 2 is 2.09 bits per heavy atom. The van der Waals surface area contributed by atoms with E-state index in [4.69, 9.17) is 5.11 Å². The average molecular weight is 308 g/mol. The van der Waals surface area contributed by atoms with Gasteiger partial charge in [-0.1, -0.05) is 13.0 Å². The fraction of sp³-hybridized carbons (Fsp3) is 0.500. The van der Waals surface area contributed by atoms with Crippen molar-refractivity contribution in [3.63, 3.8) is 0 Å². The Labute approximate surface area is 129 Å². The number of halogens is 1. The summed E-state index contributed by atoms with van der Waals surface area (Å²) in [5.41, 5.74) is 0.922. The molecule has 2 N–H and O–H groups in total. The van der Waals surface area contributed by atoms with Crippen molar-refractivity contribution in [1.82, 2.24) is 4.90 Å². The third-order valence-electron chi connectivity index (χ3n) is 4.32. The second-order valence-corrected chi connectivity index (χ2v) is 6.01. The molecule has 2 rings (SSSR count). The molecule has 1 fully saturated rings. The van der Waals surface area contributed by atoms with Crippen LogP contribution in [-0.4, -0.2) is 41.0 Å². The molecule has 0 aromatic heterocycles. The molecule has 1 heterocycles. The number of carboxylic acids is 1. The van der Waals surface area contributed by atoms with Gasteiger partial charge in [0.2, 0.25) is 5.91 Å². The van der Waals surface area contributed by atoms with Gasteiger partial charge in [0.25, 0.3) is 0 Å². The van der Waals surface area contributed by atoms with Crippen LogP contribution in [0.4, 0.5) is 10.1 Å². The molecule has 1 amide bonds. The molecule has 1 aromatic carbocycles. The largest absolute Gasteiger partial charge is 0.481 e. The van der Waals surface area contributed by atoms with Crippen LogP contribution in [0.15, 0.2) is 18.2 Å². The van der Waals surface area contributed by atoms with Crippen molar-refractivity contribution in [3.05, 3.63) is 29.6 Å². The van der Waals surface area contributed by atoms with E-state index in [1.165, 1.54) is 6.07 Å². The Bertz CT molecular complexity index is 591. The molecule has 0 spiro atoms. The van der Waals surface area contributed by atoms with Crippen molar-refractivity contribution in [2.24, 2.45) is 11.8 Å². The van der Waals surface area contributed by atoms with E-state index in [2.05, 4.69) is 5.32 Å². The van der Waals surface area contributed by atoms with Gasteiger partial charge in [0, 0.05) is 18.8 Å². The number of rotatable bonds is 4. The fourth-order valence-corrected chi connectivity index (χ4v) is 2.73. The van der Waals surface area contributed by atoms with E-state index in [9.17, 15) is 14.0 Å². The third-order valence-corrected chi connectivity index (χ3v) is 4.32. The minimum Gasteiger partial charge on any atom is -0.481 e. The highest BCUT2D eigenvalue weighted by molar-refractivity contribution is 5.94. The van der Waals surface area contributed by atoms with Gasteiger partial charge in [-0.3, -0.25) is 14.5 Å². The van der Waals surface area contributed by atoms with Gasteiger partial charge >= 0.3 is 5.97 Å². The summed E-state index contributed by atoms with van der Waals surface area (Å²) in [5.74, 6) is -1.91. The van der Waals surface area contributed by atoms with Crippen LogP contribution in [0.2, 0.25) is 0 Å². The first kappa shape index (κ1) is 16.4. The Balaban J connectivity index is 2.00. The molecular weight excluding hydrogens is 287 g/mol. The van der Waals surface area contributed by atoms with Crippen molar-refractivity contribution in [1.29, 1.82) is 0 Å². The molecule has 1 aromatic rings. The fourth-order valence-electron chi connectivity index (χ4n) is 2.73. The maximum Gasteiger partial charge on any atom is 0.308 e. The topological polar surface area (TPSA) is 69.6 Å². The summed E-state index contributed by atoms with van der Waals surface area (Å²) in [6.45, 7) is 6.18. The molecule has 1 aliphatic heterocycles. The van der Waals surface area contributed by atoms with Gasteiger partial charge in [-0.15, -0.1) is 0 Å². The summed E-state index contributed by atoms with van der Waals surface area (Å²) in [6.07, 6.45) is 0. The molecule has 0 saturated carbocycles. The molecule has 1 unspecified atom stereocenters. The van der Waals surface area contributed by atoms with E-state index in [-0.39, 0.29) is 17.6 Å². The highest BCUT2D eigenvalue weighted by Gasteiger charge is 2.38. The van der Waals surface area contributed by atoms with Crippen molar-refractivity contribution in [2.45, 2.75) is 26.8 Å². The lowest BCUT2D eigenvalue weighted by Crippen LogP contribution is -2.41. The predicted octanol–water partition coefficient (Wildman–Crippen LogP) is 2.11. The first-order chi connectivity index (χ1) is 10.3. The summed E-state index contributed by atoms with van der Waals surface area (Å²) in [7, 11) is 0. The third kappa shape index (κ3) is 3.44. The van der Waals surface area contributed by atoms with Gasteiger partial charge in [-0.05, 0) is 37.5 Å². The molecule has 1 aliphatic rings. The van der Waals surface area contributed by atoms with E-state index in [1.54, 1.807) is 26.0 Å². The average Bonchev–Trinajstić information content (AvgIpc) is 2.84. The minimum atomic E-state index is -0.830. The maximum atomic E-state index is 13.5. The molecular formula is C16H21FN2O3. The highest BCUT2D eigenvalue weighted by atomic mass is 19.1. The number of likely N-dealkylation sites (tertiary alicyclic amines) is 1. The number of carbonyl (C=O) groups is 2. The molecule has 0 aliphatic carbocycles. The summed E-state index contributed by atoms with van der Waals surface area (Å²) in [6, 6.07) is 4.08. The van der Waals surface area contributed by atoms with Crippen LogP contribution in [0.5, 0.6) is 0 Å². The van der Waals surface area contributed by atoms with Crippen molar-refractivity contribution < 1.29 is 19.1 Å². The summed E-state index contributed by atoms with van der Waals surface area (Å²) < 4.78 is 13.5. The van der Waals surface area contributed by atoms with Crippen LogP contribution < -0.4 is 5.32 Å². The molecule has 120 valence electrons. The number of benzene rings is 1. The number of anilines is 1. The second-order valence-electron chi connectivity index (χ2n) is 6.01. The molecule has 0 radical (unpaired) electrons. The molecule has 3 atom stereocenters. The molecule has 0 bridgehead atoms. The van der Waals surface area contributed by atoms with Gasteiger partial charge in [-0.25, -0.2) is 4.39 Å². The molecule has 1 saturated heterocycles. The van der Waals surface area contributed by atoms with Crippen molar-refractivity contribution in [2.75, 3.05) is 18.4 Å². The number of amides is 1. The van der Waals surface area contributed by atoms with E-state index >= 15 is 0 Å². The van der Waals surface area contributed by atoms with E-state index in [0.717, 1.165) is 0 Å². The maximum absolute atomic E-state index is 13.5. The lowest BCUT2D eigenvalue weighted by Gasteiger charge is -2.23. The number of nitrogens with zero attached hydrogens (tertiary/aromatic N) is 1. The standard InChI is InChI=1S/C16H21FN2O3/c1-9-4-5-12(6-14(9)17)18-15(20)11(3)19-7-10(2)13(8-19)16(21)22/h4-6,10-11,13H,7-8H2,1-3H3,(H,18,20)(H,21,22)/t10-,11?,13-/m1/s1. The number of carboxylic acid groups (broad SMARTS) is 1. The zero-order chi connectivity index (χ0) is 16.4. The summed E-state index contributed by atoms with van der Waals surface area (Å²) in [4.78, 5) is 25.2. The Kier molecular flexibility index (Phi) is 4.81. The van der Waals surface area contributed by atoms with Gasteiger partial charge in [-0.2, -0.15) is 0 Å². The van der Waals surface area contributed by atoms with Crippen LogP contribution in [-0.2, 0) is 9.59 Å². The SMILES string of the molecule is Cc1ccc(NC(=O)C(C)N2C[C@@H](C)[C@H](C(=O)O)C2)cc1F. The number of hydrogen-bond donors (Lipinski definition) is 2. The van der Waals surface area contributed by atoms with E-state index in [0.29, 0.717) is 24.3 Å². The van der Waals surface area contributed by atoms with E-state index < -0.39 is 17.9 Å². The molecule has 6 heteroatoms. The Hall–Kier alpha value is -1.95. The normalized spacial score (nSPS) is 23.3. The zero-order valence-corrected chi connectivity index (χ0v) is 13.0. The predicted molar refractivity (Wildman–Crippen MR) is 81.1 cm³/mol. The van der Waals surface area contributed by atoms with Gasteiger partial charge < -0.3 is 10.4 Å². The van der Waals surface area contributed by atoms with Crippen molar-refractivity contribution >= 4 is 17.6 Å². The lowest BCUT2D eigenvalue weighted by atomic mass is 9.99. The number of aliphatic carboxylic acids is 1. The Morgan fingerprint density at radius 1 is 1.41 bits per heavy atom. The highest BCUT2D eigenvalue weighted by Crippen LogP contribution is 2.25. The number of carbonyl (C=O) groups excluding carboxylic acids is 1. The first-order valence-corrected chi connectivity index (χ1v) is 7.33. The summed E-state index contributed by atoms with van der Waals surface area (Å²) in [5, 5.41) is 11.8. The van der Waals surface area contributed by atoms with Crippen molar-refractivity contribution in [3.8, 4) is 0 Å². The quantitative estimate of drug-likeness (QED) is 0.894. The number of nitrogens with one attached hydrogen (secondary N) is 1. The molecule has 22 heavy (non-hydrogen) atoms. The summed E-state index contributed by atoms with van der Waals surface area (Å²) >= 11 is 0. The van der Waals surface area contributed by atoms with Crippen LogP contribution >= 0.6 is 0 Å². The Morgan fingerprint density at radius 3 is 2.64 bits per heavy atom. The van der Waals surface area contributed by atoms with Gasteiger partial charge in [0.1, 0.15) is 5.82 Å². The lowest BCUT2D eigenvalue weighted by molar-refractivity contribution is -0.142. The van der Waals surface area contributed by atoms with Gasteiger partial charge in [0.15, 0.2) is 0 Å². The van der Waals surface area contributed by atoms with Crippen LogP contribution in [0.3, 0.4) is 0 Å². The van der Waals surface area contributed by atoms with Crippen LogP contribution in [0.25, 0.3) is 0 Å². The van der Waals surface area contributed by atoms with E-state index in [1.807, 2.05) is 11.8 Å². The monoisotopic (exact) mass is 308 g/mol. The smallest absolute Gasteiger partial charge is 0.308 e. The van der Waals surface area contributed by atoms with Crippen LogP contribution in [0, 0.1) is 24.6 Å². The minimum absolute atomic E-state index is 0.00423. The molecule has 5 nitrogen and oxygen atoms in total. The second kappa shape index (κ2) is 6.44. The van der Waals surface area contributed by atoms with Crippen LogP contribution in [0.1, 0.15) is 19.4 Å².